The fourth-order valence-electron chi connectivity index (χ4n) is 2.40. The van der Waals surface area contributed by atoms with Crippen LogP contribution in [0.3, 0.4) is 0 Å². The number of rotatable bonds is 7. The maximum Gasteiger partial charge on any atom is 0.259 e. The van der Waals surface area contributed by atoms with Crippen molar-refractivity contribution in [2.24, 2.45) is 0 Å². The average Bonchev–Trinajstić information content (AvgIpc) is 2.91. The summed E-state index contributed by atoms with van der Waals surface area (Å²) in [7, 11) is -2.21. The number of aryl methyl sites for hydroxylation is 3. The summed E-state index contributed by atoms with van der Waals surface area (Å²) in [6.45, 7) is 6.40. The molecule has 0 fully saturated rings. The predicted molar refractivity (Wildman–Crippen MR) is 89.8 cm³/mol. The van der Waals surface area contributed by atoms with Gasteiger partial charge in [-0.15, -0.1) is 0 Å². The second-order valence-electron chi connectivity index (χ2n) is 5.34. The minimum absolute atomic E-state index is 0.0133. The van der Waals surface area contributed by atoms with Gasteiger partial charge in [-0.3, -0.25) is 4.79 Å². The van der Waals surface area contributed by atoms with Gasteiger partial charge in [0.05, 0.1) is 7.11 Å². The molecule has 0 amide bonds. The SMILES string of the molecule is CCn1cc(S(=O)(=O)NCCn2c(C)cc(OC)cc2=O)nc1C. The first-order valence-corrected chi connectivity index (χ1v) is 9.05. The fourth-order valence-corrected chi connectivity index (χ4v) is 3.42. The van der Waals surface area contributed by atoms with Crippen LogP contribution in [-0.2, 0) is 23.1 Å². The lowest BCUT2D eigenvalue weighted by molar-refractivity contribution is 0.411. The summed E-state index contributed by atoms with van der Waals surface area (Å²) in [4.78, 5) is 16.1. The van der Waals surface area contributed by atoms with Gasteiger partial charge in [0.25, 0.3) is 15.6 Å². The topological polar surface area (TPSA) is 95.2 Å². The molecule has 24 heavy (non-hydrogen) atoms. The van der Waals surface area contributed by atoms with Gasteiger partial charge in [0.2, 0.25) is 0 Å². The van der Waals surface area contributed by atoms with Crippen molar-refractivity contribution < 1.29 is 13.2 Å². The molecule has 1 N–H and O–H groups in total. The van der Waals surface area contributed by atoms with E-state index < -0.39 is 10.0 Å². The highest BCUT2D eigenvalue weighted by atomic mass is 32.2. The Labute approximate surface area is 141 Å². The molecule has 0 saturated carbocycles. The molecular formula is C15H22N4O4S. The van der Waals surface area contributed by atoms with E-state index in [1.165, 1.54) is 23.9 Å². The number of hydrogen-bond acceptors (Lipinski definition) is 5. The third-order valence-electron chi connectivity index (χ3n) is 3.74. The molecule has 132 valence electrons. The highest BCUT2D eigenvalue weighted by molar-refractivity contribution is 7.89. The minimum atomic E-state index is -3.70. The third kappa shape index (κ3) is 3.85. The van der Waals surface area contributed by atoms with E-state index in [0.717, 1.165) is 0 Å². The Kier molecular flexibility index (Phi) is 5.45. The summed E-state index contributed by atoms with van der Waals surface area (Å²) >= 11 is 0. The van der Waals surface area contributed by atoms with Crippen LogP contribution >= 0.6 is 0 Å². The van der Waals surface area contributed by atoms with Crippen LogP contribution in [0.15, 0.2) is 28.2 Å². The van der Waals surface area contributed by atoms with Crippen LogP contribution in [0.25, 0.3) is 0 Å². The number of sulfonamides is 1. The van der Waals surface area contributed by atoms with Gasteiger partial charge in [0.1, 0.15) is 11.6 Å². The van der Waals surface area contributed by atoms with E-state index in [0.29, 0.717) is 23.8 Å². The first-order valence-electron chi connectivity index (χ1n) is 7.57. The lowest BCUT2D eigenvalue weighted by atomic mass is 10.3. The van der Waals surface area contributed by atoms with E-state index >= 15 is 0 Å². The summed E-state index contributed by atoms with van der Waals surface area (Å²) in [5.74, 6) is 1.12. The number of imidazole rings is 1. The zero-order chi connectivity index (χ0) is 17.9. The quantitative estimate of drug-likeness (QED) is 0.788. The molecule has 0 atom stereocenters. The number of nitrogens with zero attached hydrogens (tertiary/aromatic N) is 3. The van der Waals surface area contributed by atoms with Crippen molar-refractivity contribution in [2.45, 2.75) is 38.9 Å². The monoisotopic (exact) mass is 354 g/mol. The number of ether oxygens (including phenoxy) is 1. The lowest BCUT2D eigenvalue weighted by Crippen LogP contribution is -2.31. The second kappa shape index (κ2) is 7.18. The molecule has 0 unspecified atom stereocenters. The number of hydrogen-bond donors (Lipinski definition) is 1. The van der Waals surface area contributed by atoms with Gasteiger partial charge in [-0.2, -0.15) is 0 Å². The highest BCUT2D eigenvalue weighted by Crippen LogP contribution is 2.10. The van der Waals surface area contributed by atoms with Gasteiger partial charge >= 0.3 is 0 Å². The number of nitrogens with one attached hydrogen (secondary N) is 1. The van der Waals surface area contributed by atoms with Crippen molar-refractivity contribution in [3.8, 4) is 5.75 Å². The summed E-state index contributed by atoms with van der Waals surface area (Å²) in [5, 5.41) is -0.0133. The Morgan fingerprint density at radius 1 is 1.29 bits per heavy atom. The molecule has 2 heterocycles. The second-order valence-corrected chi connectivity index (χ2v) is 7.05. The van der Waals surface area contributed by atoms with Crippen LogP contribution in [0, 0.1) is 13.8 Å². The standard InChI is InChI=1S/C15H22N4O4S/c1-5-18-10-14(17-12(18)3)24(21,22)16-6-7-19-11(2)8-13(23-4)9-15(19)20/h8-10,16H,5-7H2,1-4H3. The molecule has 0 bridgehead atoms. The maximum atomic E-state index is 12.3. The predicted octanol–water partition coefficient (Wildman–Crippen LogP) is 0.669. The summed E-state index contributed by atoms with van der Waals surface area (Å²) in [6, 6.07) is 3.09. The van der Waals surface area contributed by atoms with Crippen molar-refractivity contribution in [3.05, 3.63) is 40.2 Å². The molecule has 0 aromatic carbocycles. The summed E-state index contributed by atoms with van der Waals surface area (Å²) < 4.78 is 35.3. The van der Waals surface area contributed by atoms with E-state index in [-0.39, 0.29) is 23.7 Å². The molecule has 2 aromatic rings. The van der Waals surface area contributed by atoms with Gasteiger partial charge < -0.3 is 13.9 Å². The van der Waals surface area contributed by atoms with Gasteiger partial charge in [-0.1, -0.05) is 0 Å². The summed E-state index contributed by atoms with van der Waals surface area (Å²) in [6.07, 6.45) is 1.50. The molecule has 8 nitrogen and oxygen atoms in total. The van der Waals surface area contributed by atoms with Gasteiger partial charge in [0.15, 0.2) is 5.03 Å². The zero-order valence-electron chi connectivity index (χ0n) is 14.2. The number of aromatic nitrogens is 3. The Hall–Kier alpha value is -2.13. The first-order chi connectivity index (χ1) is 11.3. The fraction of sp³-hybridized carbons (Fsp3) is 0.467. The summed E-state index contributed by atoms with van der Waals surface area (Å²) in [5.41, 5.74) is 0.460. The van der Waals surface area contributed by atoms with Crippen LogP contribution in [-0.4, -0.2) is 36.2 Å². The Balaban J connectivity index is 2.09. The van der Waals surface area contributed by atoms with E-state index in [1.807, 2.05) is 6.92 Å². The maximum absolute atomic E-state index is 12.3. The Morgan fingerprint density at radius 3 is 2.54 bits per heavy atom. The normalized spacial score (nSPS) is 11.7. The average molecular weight is 354 g/mol. The smallest absolute Gasteiger partial charge is 0.259 e. The van der Waals surface area contributed by atoms with Crippen molar-refractivity contribution in [2.75, 3.05) is 13.7 Å². The molecule has 0 radical (unpaired) electrons. The Bertz CT molecular complexity index is 883. The van der Waals surface area contributed by atoms with Crippen LogP contribution in [0.2, 0.25) is 0 Å². The van der Waals surface area contributed by atoms with Crippen LogP contribution < -0.4 is 15.0 Å². The molecule has 2 aromatic heterocycles. The van der Waals surface area contributed by atoms with Crippen molar-refractivity contribution in [1.82, 2.24) is 18.8 Å². The van der Waals surface area contributed by atoms with Crippen LogP contribution in [0.1, 0.15) is 18.4 Å². The molecule has 0 aliphatic rings. The molecule has 0 spiro atoms. The van der Waals surface area contributed by atoms with Crippen molar-refractivity contribution in [1.29, 1.82) is 0 Å². The van der Waals surface area contributed by atoms with E-state index in [2.05, 4.69) is 9.71 Å². The van der Waals surface area contributed by atoms with E-state index in [1.54, 1.807) is 24.5 Å². The van der Waals surface area contributed by atoms with E-state index in [4.69, 9.17) is 4.74 Å². The van der Waals surface area contributed by atoms with Crippen LogP contribution in [0.4, 0.5) is 0 Å². The first kappa shape index (κ1) is 18.2. The number of methoxy groups -OCH3 is 1. The molecule has 9 heteroatoms. The zero-order valence-corrected chi connectivity index (χ0v) is 15.1. The Morgan fingerprint density at radius 2 is 2.00 bits per heavy atom. The minimum Gasteiger partial charge on any atom is -0.496 e. The van der Waals surface area contributed by atoms with Gasteiger partial charge in [-0.25, -0.2) is 18.1 Å². The van der Waals surface area contributed by atoms with Gasteiger partial charge in [0, 0.05) is 37.6 Å². The van der Waals surface area contributed by atoms with E-state index in [9.17, 15) is 13.2 Å². The van der Waals surface area contributed by atoms with Gasteiger partial charge in [-0.05, 0) is 26.8 Å². The van der Waals surface area contributed by atoms with Crippen molar-refractivity contribution >= 4 is 10.0 Å². The molecule has 2 rings (SSSR count). The molecule has 0 aliphatic heterocycles. The molecule has 0 aliphatic carbocycles. The van der Waals surface area contributed by atoms with Crippen LogP contribution in [0.5, 0.6) is 5.75 Å². The molecule has 0 saturated heterocycles. The molecular weight excluding hydrogens is 332 g/mol. The third-order valence-corrected chi connectivity index (χ3v) is 5.07. The highest BCUT2D eigenvalue weighted by Gasteiger charge is 2.18. The number of pyridine rings is 1. The van der Waals surface area contributed by atoms with Crippen molar-refractivity contribution in [3.63, 3.8) is 0 Å². The largest absolute Gasteiger partial charge is 0.496 e. The lowest BCUT2D eigenvalue weighted by Gasteiger charge is -2.11.